The predicted octanol–water partition coefficient (Wildman–Crippen LogP) is 8.91. The number of halogens is 9. The molecule has 1 aromatic heterocycles. The van der Waals surface area contributed by atoms with E-state index in [4.69, 9.17) is 0 Å². The average Bonchev–Trinajstić information content (AvgIpc) is 3.06. The molecular formula is C38H46F9N3O4. The van der Waals surface area contributed by atoms with Crippen molar-refractivity contribution in [2.75, 3.05) is 33.8 Å². The fraction of sp³-hybridized carbons (Fsp3) is 0.447. The van der Waals surface area contributed by atoms with Crippen LogP contribution < -0.4 is 10.9 Å². The number of carbonyl (C=O) groups is 2. The van der Waals surface area contributed by atoms with E-state index in [0.29, 0.717) is 43.8 Å². The molecule has 0 bridgehead atoms. The van der Waals surface area contributed by atoms with Crippen LogP contribution in [0.3, 0.4) is 0 Å². The maximum atomic E-state index is 14.7. The molecule has 1 atom stereocenters. The van der Waals surface area contributed by atoms with Gasteiger partial charge in [-0.25, -0.2) is 18.0 Å². The Morgan fingerprint density at radius 2 is 1.59 bits per heavy atom. The molecule has 1 N–H and O–H groups in total. The predicted molar refractivity (Wildman–Crippen MR) is 189 cm³/mol. The Morgan fingerprint density at radius 1 is 1.02 bits per heavy atom. The van der Waals surface area contributed by atoms with Crippen molar-refractivity contribution >= 4 is 17.4 Å². The highest BCUT2D eigenvalue weighted by Gasteiger charge is 2.35. The SMILES string of the molecule is C=C(\C=C(/C(F)=C(F)/C=C\C(=O)OCC)c1c(C)cc(F)cc1C)C(F)(F)F.CCN(C)CCc1cn(C(CC(C)C)C(=O)NC)c(=O)cc1C(F)(F)F. The molecule has 0 aliphatic rings. The minimum absolute atomic E-state index is 0.00151. The molecule has 1 heterocycles. The fourth-order valence-corrected chi connectivity index (χ4v) is 5.10. The number of amides is 1. The lowest BCUT2D eigenvalue weighted by molar-refractivity contribution is -0.138. The number of hydrogen-bond acceptors (Lipinski definition) is 5. The van der Waals surface area contributed by atoms with Crippen molar-refractivity contribution in [2.45, 2.75) is 72.8 Å². The smallest absolute Gasteiger partial charge is 0.416 e. The van der Waals surface area contributed by atoms with E-state index in [1.54, 1.807) is 0 Å². The Balaban J connectivity index is 0.000000541. The van der Waals surface area contributed by atoms with Crippen molar-refractivity contribution in [1.29, 1.82) is 0 Å². The molecular weight excluding hydrogens is 733 g/mol. The van der Waals surface area contributed by atoms with E-state index in [-0.39, 0.29) is 41.2 Å². The number of benzene rings is 1. The van der Waals surface area contributed by atoms with Gasteiger partial charge in [0.1, 0.15) is 11.9 Å². The summed E-state index contributed by atoms with van der Waals surface area (Å²) < 4.78 is 127. The molecule has 0 fully saturated rings. The Morgan fingerprint density at radius 3 is 2.06 bits per heavy atom. The highest BCUT2D eigenvalue weighted by molar-refractivity contribution is 5.85. The number of aryl methyl sites for hydroxylation is 2. The first kappa shape index (κ1) is 47.4. The van der Waals surface area contributed by atoms with Gasteiger partial charge in [0.2, 0.25) is 5.91 Å². The van der Waals surface area contributed by atoms with Crippen LogP contribution in [-0.4, -0.2) is 61.3 Å². The van der Waals surface area contributed by atoms with Crippen LogP contribution in [0.5, 0.6) is 0 Å². The number of rotatable bonds is 14. The number of allylic oxidation sites excluding steroid dienone is 6. The zero-order chi connectivity index (χ0) is 41.7. The molecule has 0 radical (unpaired) electrons. The zero-order valence-electron chi connectivity index (χ0n) is 31.4. The summed E-state index contributed by atoms with van der Waals surface area (Å²) in [5.41, 5.74) is -3.86. The largest absolute Gasteiger partial charge is 0.463 e. The quantitative estimate of drug-likeness (QED) is 0.0897. The van der Waals surface area contributed by atoms with Crippen LogP contribution in [0.2, 0.25) is 0 Å². The minimum atomic E-state index is -4.88. The van der Waals surface area contributed by atoms with Gasteiger partial charge in [-0.1, -0.05) is 27.4 Å². The summed E-state index contributed by atoms with van der Waals surface area (Å²) in [6, 6.07) is 1.73. The lowest BCUT2D eigenvalue weighted by atomic mass is 9.92. The zero-order valence-corrected chi connectivity index (χ0v) is 31.4. The van der Waals surface area contributed by atoms with Gasteiger partial charge in [-0.15, -0.1) is 0 Å². The van der Waals surface area contributed by atoms with Crippen molar-refractivity contribution in [3.8, 4) is 0 Å². The molecule has 2 rings (SSSR count). The van der Waals surface area contributed by atoms with E-state index in [0.717, 1.165) is 16.7 Å². The number of hydrogen-bond donors (Lipinski definition) is 1. The maximum absolute atomic E-state index is 14.7. The summed E-state index contributed by atoms with van der Waals surface area (Å²) in [4.78, 5) is 37.7. The van der Waals surface area contributed by atoms with Gasteiger partial charge in [-0.3, -0.25) is 9.59 Å². The maximum Gasteiger partial charge on any atom is 0.416 e. The first-order valence-corrected chi connectivity index (χ1v) is 16.8. The molecule has 54 heavy (non-hydrogen) atoms. The first-order valence-electron chi connectivity index (χ1n) is 16.8. The van der Waals surface area contributed by atoms with Crippen molar-refractivity contribution in [3.05, 3.63) is 110 Å². The Kier molecular flexibility index (Phi) is 18.2. The molecule has 0 saturated heterocycles. The number of pyridine rings is 1. The van der Waals surface area contributed by atoms with Gasteiger partial charge in [-0.2, -0.15) is 26.3 Å². The van der Waals surface area contributed by atoms with Crippen LogP contribution in [0.4, 0.5) is 39.5 Å². The van der Waals surface area contributed by atoms with Gasteiger partial charge in [0.15, 0.2) is 11.7 Å². The monoisotopic (exact) mass is 779 g/mol. The van der Waals surface area contributed by atoms with E-state index in [1.165, 1.54) is 34.0 Å². The third kappa shape index (κ3) is 14.3. The molecule has 7 nitrogen and oxygen atoms in total. The lowest BCUT2D eigenvalue weighted by Crippen LogP contribution is -2.37. The summed E-state index contributed by atoms with van der Waals surface area (Å²) in [6.07, 6.45) is -6.42. The Bertz CT molecular complexity index is 1770. The van der Waals surface area contributed by atoms with Crippen LogP contribution in [-0.2, 0) is 26.9 Å². The standard InChI is InChI=1S/C20H18F6O2.C18H28F3N3O2/c1-5-28-17(27)7-6-16(22)19(23)15(10-13(4)20(24,25)26)18-11(2)8-14(21)9-12(18)3;1-6-23(5)8-7-13-11-24(15(9-12(2)3)17(26)22-4)16(25)10-14(13)18(19,20)21/h6-10H,4-5H2,1-3H3;10-12,15H,6-9H2,1-5H3,(H,22,26)/b7-6-,15-10-,19-16+;. The molecule has 2 aromatic rings. The summed E-state index contributed by atoms with van der Waals surface area (Å²) in [5, 5.41) is 2.49. The topological polar surface area (TPSA) is 80.6 Å². The van der Waals surface area contributed by atoms with Gasteiger partial charge in [0.25, 0.3) is 5.56 Å². The highest BCUT2D eigenvalue weighted by atomic mass is 19.4. The first-order chi connectivity index (χ1) is 24.9. The third-order valence-electron chi connectivity index (χ3n) is 7.90. The second kappa shape index (κ2) is 20.7. The van der Waals surface area contributed by atoms with Gasteiger partial charge >= 0.3 is 18.3 Å². The number of esters is 1. The molecule has 1 amide bonds. The van der Waals surface area contributed by atoms with E-state index in [1.807, 2.05) is 32.7 Å². The molecule has 1 aromatic carbocycles. The van der Waals surface area contributed by atoms with Gasteiger partial charge in [0.05, 0.1) is 12.2 Å². The van der Waals surface area contributed by atoms with Crippen molar-refractivity contribution in [2.24, 2.45) is 5.92 Å². The molecule has 1 unspecified atom stereocenters. The van der Waals surface area contributed by atoms with Crippen LogP contribution in [0.25, 0.3) is 5.57 Å². The number of nitrogens with one attached hydrogen (secondary N) is 1. The third-order valence-corrected chi connectivity index (χ3v) is 7.90. The number of nitrogens with zero attached hydrogens (tertiary/aromatic N) is 2. The van der Waals surface area contributed by atoms with Gasteiger partial charge in [0, 0.05) is 43.1 Å². The van der Waals surface area contributed by atoms with E-state index < -0.39 is 70.0 Å². The van der Waals surface area contributed by atoms with Crippen molar-refractivity contribution < 1.29 is 53.8 Å². The van der Waals surface area contributed by atoms with E-state index in [9.17, 15) is 53.9 Å². The molecule has 0 spiro atoms. The Labute approximate surface area is 308 Å². The molecule has 300 valence electrons. The fourth-order valence-electron chi connectivity index (χ4n) is 5.10. The number of aromatic nitrogens is 1. The molecule has 0 saturated carbocycles. The second-order valence-electron chi connectivity index (χ2n) is 12.6. The second-order valence-corrected chi connectivity index (χ2v) is 12.6. The van der Waals surface area contributed by atoms with E-state index >= 15 is 0 Å². The van der Waals surface area contributed by atoms with Gasteiger partial charge < -0.3 is 19.5 Å². The van der Waals surface area contributed by atoms with Crippen LogP contribution in [0.15, 0.2) is 71.2 Å². The average molecular weight is 780 g/mol. The van der Waals surface area contributed by atoms with Gasteiger partial charge in [-0.05, 0) is 99.7 Å². The van der Waals surface area contributed by atoms with Crippen molar-refractivity contribution in [3.63, 3.8) is 0 Å². The molecule has 0 aliphatic carbocycles. The normalized spacial score (nSPS) is 13.4. The van der Waals surface area contributed by atoms with Crippen molar-refractivity contribution in [1.82, 2.24) is 14.8 Å². The summed E-state index contributed by atoms with van der Waals surface area (Å²) in [6.45, 7) is 13.8. The molecule has 16 heteroatoms. The van der Waals surface area contributed by atoms with Crippen LogP contribution >= 0.6 is 0 Å². The number of carbonyl (C=O) groups excluding carboxylic acids is 2. The van der Waals surface area contributed by atoms with Crippen LogP contribution in [0, 0.1) is 25.6 Å². The minimum Gasteiger partial charge on any atom is -0.463 e. The van der Waals surface area contributed by atoms with Crippen LogP contribution in [0.1, 0.15) is 68.0 Å². The number of likely N-dealkylation sites (N-methyl/N-ethyl adjacent to an activating group) is 2. The summed E-state index contributed by atoms with van der Waals surface area (Å²) in [7, 11) is 3.26. The number of alkyl halides is 6. The Hall–Kier alpha value is -4.60. The number of ether oxygens (including phenoxy) is 1. The molecule has 0 aliphatic heterocycles. The highest BCUT2D eigenvalue weighted by Crippen LogP contribution is 2.37. The van der Waals surface area contributed by atoms with E-state index in [2.05, 4.69) is 16.6 Å². The summed E-state index contributed by atoms with van der Waals surface area (Å²) >= 11 is 0. The lowest BCUT2D eigenvalue weighted by Gasteiger charge is -2.23. The summed E-state index contributed by atoms with van der Waals surface area (Å²) in [5.74, 6) is -5.19.